The Labute approximate surface area is 212 Å². The van der Waals surface area contributed by atoms with Crippen LogP contribution in [0.25, 0.3) is 0 Å². The van der Waals surface area contributed by atoms with Crippen molar-refractivity contribution in [1.82, 2.24) is 9.80 Å². The molecule has 8 atom stereocenters. The van der Waals surface area contributed by atoms with Crippen molar-refractivity contribution in [2.75, 3.05) is 27.7 Å². The molecule has 35 heavy (non-hydrogen) atoms. The van der Waals surface area contributed by atoms with Gasteiger partial charge in [-0.3, -0.25) is 4.79 Å². The first-order valence-electron chi connectivity index (χ1n) is 14.1. The van der Waals surface area contributed by atoms with Crippen molar-refractivity contribution in [2.24, 2.45) is 34.5 Å². The van der Waals surface area contributed by atoms with Crippen molar-refractivity contribution in [3.05, 3.63) is 41.5 Å². The van der Waals surface area contributed by atoms with Gasteiger partial charge in [-0.2, -0.15) is 0 Å². The molecule has 0 aromatic heterocycles. The number of fused-ring (bicyclic) bond motifs is 4. The number of ether oxygens (including phenoxy) is 1. The average molecular weight is 477 g/mol. The molecule has 1 aliphatic heterocycles. The Kier molecular flexibility index (Phi) is 5.63. The number of allylic oxidation sites excluding steroid dienone is 1. The van der Waals surface area contributed by atoms with Gasteiger partial charge in [-0.25, -0.2) is 0 Å². The van der Waals surface area contributed by atoms with Gasteiger partial charge in [0.25, 0.3) is 5.91 Å². The first-order valence-corrected chi connectivity index (χ1v) is 14.1. The summed E-state index contributed by atoms with van der Waals surface area (Å²) in [5, 5.41) is 0. The second-order valence-corrected chi connectivity index (χ2v) is 12.9. The Morgan fingerprint density at radius 1 is 1.06 bits per heavy atom. The third kappa shape index (κ3) is 3.38. The number of benzene rings is 1. The molecule has 1 amide bonds. The van der Waals surface area contributed by atoms with E-state index < -0.39 is 0 Å². The fraction of sp³-hybridized carbons (Fsp3) is 0.710. The summed E-state index contributed by atoms with van der Waals surface area (Å²) >= 11 is 0. The molecule has 1 spiro atoms. The normalized spacial score (nSPS) is 42.4. The standard InChI is InChI=1S/C31H44N2O2/c1-20-26-12-13-28-25-11-8-22-18-23(33(4)29(34)21-6-9-24(35-5)10-7-21)14-16-30(22,2)27(25)15-17-31(26,28)19-32(20)3/h6-10,20,23,25-28H,11-19H2,1-5H3. The largest absolute Gasteiger partial charge is 0.497 e. The summed E-state index contributed by atoms with van der Waals surface area (Å²) in [6, 6.07) is 8.61. The zero-order valence-electron chi connectivity index (χ0n) is 22.4. The molecule has 8 unspecified atom stereocenters. The molecular formula is C31H44N2O2. The van der Waals surface area contributed by atoms with Gasteiger partial charge in [0.2, 0.25) is 0 Å². The molecule has 4 aliphatic carbocycles. The number of hydrogen-bond acceptors (Lipinski definition) is 3. The van der Waals surface area contributed by atoms with E-state index in [2.05, 4.69) is 31.9 Å². The molecular weight excluding hydrogens is 432 g/mol. The molecule has 6 rings (SSSR count). The number of rotatable bonds is 3. The summed E-state index contributed by atoms with van der Waals surface area (Å²) < 4.78 is 5.26. The predicted octanol–water partition coefficient (Wildman–Crippen LogP) is 6.03. The van der Waals surface area contributed by atoms with E-state index in [-0.39, 0.29) is 5.91 Å². The van der Waals surface area contributed by atoms with Gasteiger partial charge >= 0.3 is 0 Å². The van der Waals surface area contributed by atoms with Gasteiger partial charge in [0.1, 0.15) is 5.75 Å². The lowest BCUT2D eigenvalue weighted by Gasteiger charge is -2.58. The number of amides is 1. The maximum absolute atomic E-state index is 13.3. The van der Waals surface area contributed by atoms with Gasteiger partial charge < -0.3 is 14.5 Å². The number of carbonyl (C=O) groups excluding carboxylic acids is 1. The monoisotopic (exact) mass is 476 g/mol. The number of likely N-dealkylation sites (tertiary alicyclic amines) is 1. The minimum Gasteiger partial charge on any atom is -0.497 e. The highest BCUT2D eigenvalue weighted by molar-refractivity contribution is 5.94. The van der Waals surface area contributed by atoms with Crippen molar-refractivity contribution in [3.8, 4) is 5.75 Å². The van der Waals surface area contributed by atoms with Crippen LogP contribution in [0.1, 0.15) is 75.6 Å². The number of methoxy groups -OCH3 is 1. The second kappa shape index (κ2) is 8.36. The number of carbonyl (C=O) groups is 1. The fourth-order valence-corrected chi connectivity index (χ4v) is 9.88. The summed E-state index contributed by atoms with van der Waals surface area (Å²) in [4.78, 5) is 17.9. The Balaban J connectivity index is 1.20. The first-order chi connectivity index (χ1) is 16.8. The van der Waals surface area contributed by atoms with Gasteiger partial charge in [-0.1, -0.05) is 18.6 Å². The predicted molar refractivity (Wildman–Crippen MR) is 140 cm³/mol. The van der Waals surface area contributed by atoms with E-state index in [1.54, 1.807) is 12.7 Å². The minimum absolute atomic E-state index is 0.131. The lowest BCUT2D eigenvalue weighted by atomic mass is 9.47. The van der Waals surface area contributed by atoms with Crippen LogP contribution in [0.3, 0.4) is 0 Å². The molecule has 0 bridgehead atoms. The molecule has 1 aromatic rings. The van der Waals surface area contributed by atoms with E-state index in [1.165, 1.54) is 45.1 Å². The van der Waals surface area contributed by atoms with Crippen molar-refractivity contribution in [1.29, 1.82) is 0 Å². The van der Waals surface area contributed by atoms with Crippen molar-refractivity contribution >= 4 is 5.91 Å². The fourth-order valence-electron chi connectivity index (χ4n) is 9.88. The van der Waals surface area contributed by atoms with E-state index in [9.17, 15) is 4.79 Å². The second-order valence-electron chi connectivity index (χ2n) is 12.9. The average Bonchev–Trinajstić information content (AvgIpc) is 3.36. The number of nitrogens with zero attached hydrogens (tertiary/aromatic N) is 2. The SMILES string of the molecule is COc1ccc(C(=O)N(C)C2CCC3(C)C(=CCC4C3CCC35CN(C)C(C)C3CCC45)C2)cc1. The summed E-state index contributed by atoms with van der Waals surface area (Å²) in [6.45, 7) is 6.41. The van der Waals surface area contributed by atoms with Crippen molar-refractivity contribution in [2.45, 2.75) is 77.3 Å². The molecule has 4 fully saturated rings. The minimum atomic E-state index is 0.131. The van der Waals surface area contributed by atoms with Gasteiger partial charge in [-0.15, -0.1) is 0 Å². The van der Waals surface area contributed by atoms with Crippen LogP contribution in [0.5, 0.6) is 5.75 Å². The third-order valence-corrected chi connectivity index (χ3v) is 11.9. The van der Waals surface area contributed by atoms with E-state index in [0.717, 1.165) is 53.9 Å². The lowest BCUT2D eigenvalue weighted by molar-refractivity contribution is -0.0430. The maximum atomic E-state index is 13.3. The summed E-state index contributed by atoms with van der Waals surface area (Å²) in [6.07, 6.45) is 13.1. The van der Waals surface area contributed by atoms with Gasteiger partial charge in [0.05, 0.1) is 7.11 Å². The highest BCUT2D eigenvalue weighted by Gasteiger charge is 2.64. The van der Waals surface area contributed by atoms with Gasteiger partial charge in [-0.05, 0) is 124 Å². The quantitative estimate of drug-likeness (QED) is 0.500. The molecule has 0 N–H and O–H groups in total. The molecule has 4 heteroatoms. The zero-order chi connectivity index (χ0) is 24.5. The Morgan fingerprint density at radius 2 is 1.80 bits per heavy atom. The first kappa shape index (κ1) is 23.6. The lowest BCUT2D eigenvalue weighted by Crippen LogP contribution is -2.53. The third-order valence-electron chi connectivity index (χ3n) is 11.9. The highest BCUT2D eigenvalue weighted by Crippen LogP contribution is 2.68. The van der Waals surface area contributed by atoms with Crippen LogP contribution in [-0.4, -0.2) is 55.5 Å². The van der Waals surface area contributed by atoms with Crippen LogP contribution >= 0.6 is 0 Å². The van der Waals surface area contributed by atoms with Crippen LogP contribution < -0.4 is 4.74 Å². The molecule has 1 aromatic carbocycles. The molecule has 1 heterocycles. The van der Waals surface area contributed by atoms with Crippen molar-refractivity contribution < 1.29 is 9.53 Å². The van der Waals surface area contributed by atoms with Crippen molar-refractivity contribution in [3.63, 3.8) is 0 Å². The summed E-state index contributed by atoms with van der Waals surface area (Å²) in [5.41, 5.74) is 3.34. The Morgan fingerprint density at radius 3 is 2.54 bits per heavy atom. The van der Waals surface area contributed by atoms with Gasteiger partial charge in [0, 0.05) is 31.2 Å². The van der Waals surface area contributed by atoms with E-state index in [0.29, 0.717) is 16.9 Å². The van der Waals surface area contributed by atoms with Gasteiger partial charge in [0.15, 0.2) is 0 Å². The summed E-state index contributed by atoms with van der Waals surface area (Å²) in [5.74, 6) is 4.47. The maximum Gasteiger partial charge on any atom is 0.253 e. The van der Waals surface area contributed by atoms with Crippen LogP contribution in [0.4, 0.5) is 0 Å². The van der Waals surface area contributed by atoms with Crippen LogP contribution in [0.2, 0.25) is 0 Å². The zero-order valence-corrected chi connectivity index (χ0v) is 22.4. The number of hydrogen-bond donors (Lipinski definition) is 0. The van der Waals surface area contributed by atoms with E-state index >= 15 is 0 Å². The van der Waals surface area contributed by atoms with Crippen LogP contribution in [0, 0.1) is 34.5 Å². The molecule has 1 saturated heterocycles. The summed E-state index contributed by atoms with van der Waals surface area (Å²) in [7, 11) is 6.04. The van der Waals surface area contributed by atoms with Crippen LogP contribution in [0.15, 0.2) is 35.9 Å². The highest BCUT2D eigenvalue weighted by atomic mass is 16.5. The molecule has 190 valence electrons. The molecule has 5 aliphatic rings. The topological polar surface area (TPSA) is 32.8 Å². The Bertz CT molecular complexity index is 1020. The molecule has 4 nitrogen and oxygen atoms in total. The van der Waals surface area contributed by atoms with Crippen LogP contribution in [-0.2, 0) is 0 Å². The Hall–Kier alpha value is -1.81. The molecule has 3 saturated carbocycles. The molecule has 0 radical (unpaired) electrons. The van der Waals surface area contributed by atoms with E-state index in [1.807, 2.05) is 36.2 Å². The van der Waals surface area contributed by atoms with E-state index in [4.69, 9.17) is 4.74 Å². The smallest absolute Gasteiger partial charge is 0.253 e.